The van der Waals surface area contributed by atoms with Crippen LogP contribution in [0.2, 0.25) is 0 Å². The molecule has 0 atom stereocenters. The Bertz CT molecular complexity index is 1230. The standard InChI is InChI=1S/C27H32N2O3S/c1-19-11-12-25(21(3)15-19)28-26(30)18-29(14-13-24-9-7-6-8-10-24)33(31,32)27-22(4)16-20(2)17-23(27)5/h6-12,15-17H,13-14,18H2,1-5H3,(H,28,30). The summed E-state index contributed by atoms with van der Waals surface area (Å²) in [6, 6.07) is 19.2. The smallest absolute Gasteiger partial charge is 0.244 e. The van der Waals surface area contributed by atoms with Crippen molar-refractivity contribution < 1.29 is 13.2 Å². The van der Waals surface area contributed by atoms with Crippen molar-refractivity contribution in [2.75, 3.05) is 18.4 Å². The summed E-state index contributed by atoms with van der Waals surface area (Å²) < 4.78 is 28.8. The first-order valence-corrected chi connectivity index (χ1v) is 12.5. The lowest BCUT2D eigenvalue weighted by atomic mass is 10.1. The van der Waals surface area contributed by atoms with Gasteiger partial charge in [0.25, 0.3) is 0 Å². The Kier molecular flexibility index (Phi) is 7.72. The monoisotopic (exact) mass is 464 g/mol. The number of carbonyl (C=O) groups excluding carboxylic acids is 1. The van der Waals surface area contributed by atoms with E-state index >= 15 is 0 Å². The van der Waals surface area contributed by atoms with Crippen molar-refractivity contribution in [2.24, 2.45) is 0 Å². The van der Waals surface area contributed by atoms with Gasteiger partial charge in [0.1, 0.15) is 0 Å². The first-order chi connectivity index (χ1) is 15.6. The lowest BCUT2D eigenvalue weighted by molar-refractivity contribution is -0.116. The van der Waals surface area contributed by atoms with Crippen molar-refractivity contribution in [3.63, 3.8) is 0 Å². The average Bonchev–Trinajstić information content (AvgIpc) is 2.72. The number of nitrogens with one attached hydrogen (secondary N) is 1. The Morgan fingerprint density at radius 3 is 2.03 bits per heavy atom. The summed E-state index contributed by atoms with van der Waals surface area (Å²) in [5.74, 6) is -0.360. The maximum Gasteiger partial charge on any atom is 0.244 e. The summed E-state index contributed by atoms with van der Waals surface area (Å²) in [5.41, 5.74) is 6.13. The fourth-order valence-electron chi connectivity index (χ4n) is 4.19. The minimum atomic E-state index is -3.88. The van der Waals surface area contributed by atoms with E-state index < -0.39 is 10.0 Å². The quantitative estimate of drug-likeness (QED) is 0.504. The minimum Gasteiger partial charge on any atom is -0.325 e. The van der Waals surface area contributed by atoms with Gasteiger partial charge in [0.15, 0.2) is 0 Å². The summed E-state index contributed by atoms with van der Waals surface area (Å²) >= 11 is 0. The first kappa shape index (κ1) is 24.7. The number of aryl methyl sites for hydroxylation is 5. The molecule has 0 aliphatic heterocycles. The van der Waals surface area contributed by atoms with Crippen molar-refractivity contribution in [3.05, 3.63) is 94.0 Å². The molecule has 3 aromatic rings. The summed E-state index contributed by atoms with van der Waals surface area (Å²) in [5, 5.41) is 2.88. The third-order valence-electron chi connectivity index (χ3n) is 5.67. The van der Waals surface area contributed by atoms with E-state index in [1.165, 1.54) is 4.31 Å². The topological polar surface area (TPSA) is 66.5 Å². The fraction of sp³-hybridized carbons (Fsp3) is 0.296. The van der Waals surface area contributed by atoms with Gasteiger partial charge in [0.05, 0.1) is 11.4 Å². The van der Waals surface area contributed by atoms with E-state index in [0.717, 1.165) is 22.3 Å². The molecule has 0 aliphatic carbocycles. The molecule has 174 valence electrons. The molecule has 0 aromatic heterocycles. The number of carbonyl (C=O) groups is 1. The molecule has 0 unspecified atom stereocenters. The van der Waals surface area contributed by atoms with Gasteiger partial charge in [-0.25, -0.2) is 8.42 Å². The van der Waals surface area contributed by atoms with Crippen LogP contribution in [0.1, 0.15) is 33.4 Å². The van der Waals surface area contributed by atoms with E-state index in [1.807, 2.05) is 81.4 Å². The average molecular weight is 465 g/mol. The molecule has 0 heterocycles. The van der Waals surface area contributed by atoms with Gasteiger partial charge in [-0.15, -0.1) is 0 Å². The van der Waals surface area contributed by atoms with Crippen molar-refractivity contribution in [1.82, 2.24) is 4.31 Å². The number of amides is 1. The number of anilines is 1. The summed E-state index contributed by atoms with van der Waals surface area (Å²) in [4.78, 5) is 13.2. The molecular weight excluding hydrogens is 432 g/mol. The molecule has 0 bridgehead atoms. The van der Waals surface area contributed by atoms with E-state index in [-0.39, 0.29) is 23.9 Å². The second-order valence-corrected chi connectivity index (χ2v) is 10.5. The molecule has 6 heteroatoms. The highest BCUT2D eigenvalue weighted by molar-refractivity contribution is 7.89. The van der Waals surface area contributed by atoms with E-state index in [1.54, 1.807) is 13.8 Å². The molecular formula is C27H32N2O3S. The van der Waals surface area contributed by atoms with Crippen LogP contribution in [-0.2, 0) is 21.2 Å². The van der Waals surface area contributed by atoms with Crippen LogP contribution in [0.25, 0.3) is 0 Å². The zero-order valence-electron chi connectivity index (χ0n) is 20.0. The van der Waals surface area contributed by atoms with Crippen LogP contribution in [0.3, 0.4) is 0 Å². The third-order valence-corrected chi connectivity index (χ3v) is 7.82. The second-order valence-electron chi connectivity index (χ2n) is 8.67. The maximum atomic E-state index is 13.8. The highest BCUT2D eigenvalue weighted by atomic mass is 32.2. The van der Waals surface area contributed by atoms with Crippen molar-refractivity contribution in [3.8, 4) is 0 Å². The van der Waals surface area contributed by atoms with Crippen molar-refractivity contribution >= 4 is 21.6 Å². The largest absolute Gasteiger partial charge is 0.325 e. The van der Waals surface area contributed by atoms with Crippen molar-refractivity contribution in [1.29, 1.82) is 0 Å². The van der Waals surface area contributed by atoms with Gasteiger partial charge in [-0.05, 0) is 69.4 Å². The Hall–Kier alpha value is -2.96. The van der Waals surface area contributed by atoms with E-state index in [2.05, 4.69) is 5.32 Å². The molecule has 0 spiro atoms. The minimum absolute atomic E-state index is 0.208. The zero-order valence-corrected chi connectivity index (χ0v) is 20.8. The van der Waals surface area contributed by atoms with Gasteiger partial charge in [0.2, 0.25) is 15.9 Å². The highest BCUT2D eigenvalue weighted by Crippen LogP contribution is 2.26. The van der Waals surface area contributed by atoms with E-state index in [4.69, 9.17) is 0 Å². The Morgan fingerprint density at radius 2 is 1.42 bits per heavy atom. The SMILES string of the molecule is Cc1ccc(NC(=O)CN(CCc2ccccc2)S(=O)(=O)c2c(C)cc(C)cc2C)c(C)c1. The number of hydrogen-bond donors (Lipinski definition) is 1. The van der Waals surface area contributed by atoms with E-state index in [9.17, 15) is 13.2 Å². The highest BCUT2D eigenvalue weighted by Gasteiger charge is 2.29. The molecule has 0 saturated heterocycles. The number of sulfonamides is 1. The molecule has 1 amide bonds. The normalized spacial score (nSPS) is 11.6. The second kappa shape index (κ2) is 10.3. The number of nitrogens with zero attached hydrogens (tertiary/aromatic N) is 1. The van der Waals surface area contributed by atoms with Gasteiger partial charge in [-0.2, -0.15) is 4.31 Å². The molecule has 5 nitrogen and oxygen atoms in total. The van der Waals surface area contributed by atoms with Gasteiger partial charge in [-0.1, -0.05) is 65.7 Å². The summed E-state index contributed by atoms with van der Waals surface area (Å²) in [7, 11) is -3.88. The predicted molar refractivity (Wildman–Crippen MR) is 134 cm³/mol. The third kappa shape index (κ3) is 6.09. The van der Waals surface area contributed by atoms with Gasteiger partial charge >= 0.3 is 0 Å². The van der Waals surface area contributed by atoms with Gasteiger partial charge in [0, 0.05) is 12.2 Å². The van der Waals surface area contributed by atoms with Gasteiger partial charge in [-0.3, -0.25) is 4.79 Å². The van der Waals surface area contributed by atoms with Crippen LogP contribution in [0.4, 0.5) is 5.69 Å². The molecule has 0 saturated carbocycles. The number of rotatable bonds is 8. The zero-order chi connectivity index (χ0) is 24.2. The number of hydrogen-bond acceptors (Lipinski definition) is 3. The first-order valence-electron chi connectivity index (χ1n) is 11.1. The molecule has 33 heavy (non-hydrogen) atoms. The molecule has 3 aromatic carbocycles. The molecule has 0 aliphatic rings. The lowest BCUT2D eigenvalue weighted by Crippen LogP contribution is -2.40. The fourth-order valence-corrected chi connectivity index (χ4v) is 6.00. The molecule has 3 rings (SSSR count). The van der Waals surface area contributed by atoms with Crippen LogP contribution in [-0.4, -0.2) is 31.7 Å². The molecule has 1 N–H and O–H groups in total. The lowest BCUT2D eigenvalue weighted by Gasteiger charge is -2.24. The maximum absolute atomic E-state index is 13.8. The van der Waals surface area contributed by atoms with E-state index in [0.29, 0.717) is 23.2 Å². The van der Waals surface area contributed by atoms with Crippen LogP contribution >= 0.6 is 0 Å². The van der Waals surface area contributed by atoms with Crippen LogP contribution < -0.4 is 5.32 Å². The van der Waals surface area contributed by atoms with Crippen LogP contribution in [0.5, 0.6) is 0 Å². The van der Waals surface area contributed by atoms with Crippen LogP contribution in [0.15, 0.2) is 65.6 Å². The summed E-state index contributed by atoms with van der Waals surface area (Å²) in [6.45, 7) is 9.42. The van der Waals surface area contributed by atoms with Crippen molar-refractivity contribution in [2.45, 2.75) is 45.9 Å². The van der Waals surface area contributed by atoms with Crippen LogP contribution in [0, 0.1) is 34.6 Å². The molecule has 0 radical (unpaired) electrons. The molecule has 0 fully saturated rings. The summed E-state index contributed by atoms with van der Waals surface area (Å²) in [6.07, 6.45) is 0.515. The number of benzene rings is 3. The Balaban J connectivity index is 1.91. The Labute approximate surface area is 197 Å². The predicted octanol–water partition coefficient (Wildman–Crippen LogP) is 5.10. The van der Waals surface area contributed by atoms with Gasteiger partial charge < -0.3 is 5.32 Å². The Morgan fingerprint density at radius 1 is 0.818 bits per heavy atom.